The van der Waals surface area contributed by atoms with E-state index in [1.54, 1.807) is 18.6 Å². The van der Waals surface area contributed by atoms with Crippen molar-refractivity contribution in [2.45, 2.75) is 64.0 Å². The van der Waals surface area contributed by atoms with Crippen molar-refractivity contribution in [3.63, 3.8) is 0 Å². The van der Waals surface area contributed by atoms with Crippen LogP contribution in [-0.4, -0.2) is 92.8 Å². The molecule has 13 nitrogen and oxygen atoms in total. The van der Waals surface area contributed by atoms with Gasteiger partial charge in [-0.25, -0.2) is 4.79 Å². The van der Waals surface area contributed by atoms with Crippen LogP contribution in [0.4, 0.5) is 0 Å². The van der Waals surface area contributed by atoms with Crippen molar-refractivity contribution >= 4 is 55.6 Å². The predicted molar refractivity (Wildman–Crippen MR) is 238 cm³/mol. The van der Waals surface area contributed by atoms with Crippen LogP contribution in [0.2, 0.25) is 0 Å². The molecule has 0 spiro atoms. The number of benzene rings is 4. The number of H-pyrrole nitrogens is 2. The van der Waals surface area contributed by atoms with Crippen LogP contribution in [0.3, 0.4) is 0 Å². The number of aliphatic hydroxyl groups is 1. The summed E-state index contributed by atoms with van der Waals surface area (Å²) in [4.78, 5) is 35.4. The summed E-state index contributed by atoms with van der Waals surface area (Å²) in [5.41, 5.74) is 5.92. The molecular formula is C49H51N5O8. The van der Waals surface area contributed by atoms with Gasteiger partial charge in [-0.1, -0.05) is 48.5 Å². The van der Waals surface area contributed by atoms with Gasteiger partial charge in [0.2, 0.25) is 0 Å². The zero-order chi connectivity index (χ0) is 42.6. The van der Waals surface area contributed by atoms with Crippen molar-refractivity contribution in [1.29, 1.82) is 0 Å². The van der Waals surface area contributed by atoms with E-state index in [9.17, 15) is 14.7 Å². The van der Waals surface area contributed by atoms with Gasteiger partial charge in [-0.3, -0.25) is 9.69 Å². The topological polar surface area (TPSA) is 169 Å². The van der Waals surface area contributed by atoms with Crippen molar-refractivity contribution in [1.82, 2.24) is 25.1 Å². The first-order valence-corrected chi connectivity index (χ1v) is 21.3. The number of piperidine rings is 2. The van der Waals surface area contributed by atoms with E-state index >= 15 is 0 Å². The number of nitrogens with zero attached hydrogens (tertiary/aromatic N) is 2. The predicted octanol–water partition coefficient (Wildman–Crippen LogP) is 8.72. The molecule has 8 aromatic rings. The lowest BCUT2D eigenvalue weighted by molar-refractivity contribution is 0.0497. The van der Waals surface area contributed by atoms with E-state index in [1.165, 1.54) is 0 Å². The van der Waals surface area contributed by atoms with E-state index < -0.39 is 5.97 Å². The molecule has 2 aliphatic rings. The maximum absolute atomic E-state index is 13.1. The Morgan fingerprint density at radius 1 is 0.710 bits per heavy atom. The van der Waals surface area contributed by atoms with Gasteiger partial charge in [0.05, 0.1) is 18.6 Å². The fourth-order valence-electron chi connectivity index (χ4n) is 8.68. The fourth-order valence-corrected chi connectivity index (χ4v) is 8.68. The molecule has 1 atom stereocenters. The SMILES string of the molecule is C[C@@H](CN1CCC(NC(=O)c2cc3c(OCc4coc5ccccc45)cccc3[nH]2)CC1)N1CCC(O)CC1.O=C(O)c1cc2c(OCc3coc4ccccc34)cccc2[nH]1. The summed E-state index contributed by atoms with van der Waals surface area (Å²) in [5, 5.41) is 25.8. The molecule has 10 rings (SSSR count). The van der Waals surface area contributed by atoms with Crippen LogP contribution in [0.25, 0.3) is 43.7 Å². The molecule has 62 heavy (non-hydrogen) atoms. The number of ether oxygens (including phenoxy) is 2. The highest BCUT2D eigenvalue weighted by Gasteiger charge is 2.26. The van der Waals surface area contributed by atoms with Crippen molar-refractivity contribution < 1.29 is 38.1 Å². The number of likely N-dealkylation sites (tertiary alicyclic amines) is 2. The number of carbonyl (C=O) groups is 2. The van der Waals surface area contributed by atoms with Crippen molar-refractivity contribution in [3.8, 4) is 11.5 Å². The Morgan fingerprint density at radius 2 is 1.24 bits per heavy atom. The Hall–Kier alpha value is -6.54. The summed E-state index contributed by atoms with van der Waals surface area (Å²) in [6.45, 7) is 7.99. The molecule has 0 saturated carbocycles. The van der Waals surface area contributed by atoms with E-state index in [2.05, 4.69) is 32.0 Å². The normalized spacial score (nSPS) is 16.1. The Labute approximate surface area is 358 Å². The highest BCUT2D eigenvalue weighted by atomic mass is 16.5. The summed E-state index contributed by atoms with van der Waals surface area (Å²) in [7, 11) is 0. The number of hydrogen-bond donors (Lipinski definition) is 5. The minimum atomic E-state index is -0.993. The molecule has 320 valence electrons. The number of hydrogen-bond acceptors (Lipinski definition) is 9. The second-order valence-corrected chi connectivity index (χ2v) is 16.4. The van der Waals surface area contributed by atoms with E-state index in [0.717, 1.165) is 119 Å². The molecule has 13 heteroatoms. The van der Waals surface area contributed by atoms with Gasteiger partial charge in [0.1, 0.15) is 47.3 Å². The number of aromatic nitrogens is 2. The maximum atomic E-state index is 13.1. The third kappa shape index (κ3) is 9.06. The van der Waals surface area contributed by atoms with Gasteiger partial charge < -0.3 is 48.7 Å². The van der Waals surface area contributed by atoms with E-state index in [4.69, 9.17) is 23.4 Å². The van der Waals surface area contributed by atoms with Gasteiger partial charge in [0, 0.05) is 88.5 Å². The van der Waals surface area contributed by atoms with Gasteiger partial charge in [0.15, 0.2) is 0 Å². The molecule has 6 heterocycles. The van der Waals surface area contributed by atoms with Gasteiger partial charge in [-0.15, -0.1) is 0 Å². The Bertz CT molecular complexity index is 2800. The molecular weight excluding hydrogens is 787 g/mol. The summed E-state index contributed by atoms with van der Waals surface area (Å²) in [6.07, 6.45) is 6.94. The molecule has 2 aliphatic heterocycles. The monoisotopic (exact) mass is 837 g/mol. The number of nitrogens with one attached hydrogen (secondary N) is 3. The first-order valence-electron chi connectivity index (χ1n) is 21.3. The molecule has 0 radical (unpaired) electrons. The number of aromatic carboxylic acids is 1. The van der Waals surface area contributed by atoms with Gasteiger partial charge in [-0.05, 0) is 81.1 Å². The molecule has 1 amide bonds. The molecule has 2 fully saturated rings. The standard InChI is InChI=1S/C31H38N4O4.C18H13NO4/c1-21(35-15-11-24(36)12-16-35)18-34-13-9-23(10-14-34)32-31(37)28-17-26-27(33-28)6-4-8-30(26)39-20-22-19-38-29-7-3-2-5-25(22)29;20-18(21)15-8-13-14(19-15)5-3-7-17(13)23-10-11-9-22-16-6-2-1-4-12(11)16/h2-8,17,19,21,23-24,33,36H,9-16,18,20H2,1H3,(H,32,37);1-9,19H,10H2,(H,20,21)/t21-;/m0./s1. The lowest BCUT2D eigenvalue weighted by Crippen LogP contribution is -2.50. The van der Waals surface area contributed by atoms with Crippen molar-refractivity contribution in [2.75, 3.05) is 32.7 Å². The zero-order valence-corrected chi connectivity index (χ0v) is 34.6. The highest BCUT2D eigenvalue weighted by Crippen LogP contribution is 2.31. The average molecular weight is 838 g/mol. The fraction of sp³-hybridized carbons (Fsp3) is 0.306. The molecule has 5 N–H and O–H groups in total. The number of amides is 1. The average Bonchev–Trinajstić information content (AvgIpc) is 4.11. The number of aliphatic hydroxyl groups excluding tert-OH is 1. The number of furan rings is 2. The summed E-state index contributed by atoms with van der Waals surface area (Å²) in [5.74, 6) is 0.305. The number of rotatable bonds is 12. The van der Waals surface area contributed by atoms with Crippen LogP contribution in [-0.2, 0) is 13.2 Å². The molecule has 0 bridgehead atoms. The van der Waals surface area contributed by atoms with Crippen molar-refractivity contribution in [3.05, 3.63) is 132 Å². The van der Waals surface area contributed by atoms with E-state index in [-0.39, 0.29) is 23.7 Å². The first-order chi connectivity index (χ1) is 30.3. The molecule has 4 aromatic heterocycles. The number of carboxylic acid groups (broad SMARTS) is 1. The number of para-hydroxylation sites is 2. The van der Waals surface area contributed by atoms with Crippen LogP contribution in [0.1, 0.15) is 64.7 Å². The zero-order valence-electron chi connectivity index (χ0n) is 34.6. The lowest BCUT2D eigenvalue weighted by Gasteiger charge is -2.39. The third-order valence-electron chi connectivity index (χ3n) is 12.2. The number of carbonyl (C=O) groups excluding carboxylic acids is 1. The summed E-state index contributed by atoms with van der Waals surface area (Å²) < 4.78 is 23.2. The van der Waals surface area contributed by atoms with Crippen LogP contribution >= 0.6 is 0 Å². The van der Waals surface area contributed by atoms with Gasteiger partial charge in [0.25, 0.3) is 5.91 Å². The summed E-state index contributed by atoms with van der Waals surface area (Å²) in [6, 6.07) is 31.1. The quantitative estimate of drug-likeness (QED) is 0.0803. The number of aromatic amines is 2. The van der Waals surface area contributed by atoms with E-state index in [1.807, 2.05) is 91.0 Å². The molecule has 2 saturated heterocycles. The Kier molecular flexibility index (Phi) is 12.0. The largest absolute Gasteiger partial charge is 0.488 e. The number of carboxylic acids is 1. The lowest BCUT2D eigenvalue weighted by atomic mass is 10.0. The first kappa shape index (κ1) is 40.8. The van der Waals surface area contributed by atoms with Gasteiger partial charge >= 0.3 is 5.97 Å². The van der Waals surface area contributed by atoms with Gasteiger partial charge in [-0.2, -0.15) is 0 Å². The van der Waals surface area contributed by atoms with Crippen molar-refractivity contribution in [2.24, 2.45) is 0 Å². The number of fused-ring (bicyclic) bond motifs is 4. The smallest absolute Gasteiger partial charge is 0.352 e. The minimum absolute atomic E-state index is 0.0725. The summed E-state index contributed by atoms with van der Waals surface area (Å²) >= 11 is 0. The molecule has 0 aliphatic carbocycles. The Morgan fingerprint density at radius 3 is 1.81 bits per heavy atom. The Balaban J connectivity index is 0.000000181. The van der Waals surface area contributed by atoms with Crippen LogP contribution in [0.5, 0.6) is 11.5 Å². The third-order valence-corrected chi connectivity index (χ3v) is 12.2. The second kappa shape index (κ2) is 18.2. The second-order valence-electron chi connectivity index (χ2n) is 16.4. The van der Waals surface area contributed by atoms with Crippen LogP contribution in [0, 0.1) is 0 Å². The van der Waals surface area contributed by atoms with E-state index in [0.29, 0.717) is 30.7 Å². The van der Waals surface area contributed by atoms with Crippen LogP contribution in [0.15, 0.2) is 118 Å². The minimum Gasteiger partial charge on any atom is -0.488 e. The molecule has 0 unspecified atom stereocenters. The van der Waals surface area contributed by atoms with Crippen LogP contribution < -0.4 is 14.8 Å². The molecule has 4 aromatic carbocycles. The highest BCUT2D eigenvalue weighted by molar-refractivity contribution is 6.00. The maximum Gasteiger partial charge on any atom is 0.352 e.